The highest BCUT2D eigenvalue weighted by Crippen LogP contribution is 2.31. The predicted octanol–water partition coefficient (Wildman–Crippen LogP) is 0.891. The Hall–Kier alpha value is -1.91. The molecule has 0 aromatic heterocycles. The van der Waals surface area contributed by atoms with Crippen molar-refractivity contribution in [2.75, 3.05) is 0 Å². The standard InChI is InChI=1S/C11H10FNO3/c1-5-9(11(13)15)10(14)7-4-6(12)2-3-8(7)16-5/h2-5,9H,1H3,(H2,13,15). The highest BCUT2D eigenvalue weighted by atomic mass is 19.1. The topological polar surface area (TPSA) is 69.4 Å². The molecule has 84 valence electrons. The fourth-order valence-electron chi connectivity index (χ4n) is 1.81. The number of benzene rings is 1. The molecule has 1 aliphatic rings. The van der Waals surface area contributed by atoms with Crippen molar-refractivity contribution in [1.29, 1.82) is 0 Å². The average Bonchev–Trinajstić information content (AvgIpc) is 2.19. The molecular weight excluding hydrogens is 213 g/mol. The molecule has 1 heterocycles. The van der Waals surface area contributed by atoms with E-state index >= 15 is 0 Å². The molecule has 5 heteroatoms. The smallest absolute Gasteiger partial charge is 0.232 e. The van der Waals surface area contributed by atoms with Crippen LogP contribution in [0.15, 0.2) is 18.2 Å². The van der Waals surface area contributed by atoms with E-state index in [4.69, 9.17) is 10.5 Å². The van der Waals surface area contributed by atoms with Crippen LogP contribution in [0.5, 0.6) is 5.75 Å². The maximum atomic E-state index is 13.0. The minimum Gasteiger partial charge on any atom is -0.489 e. The second kappa shape index (κ2) is 3.59. The van der Waals surface area contributed by atoms with Gasteiger partial charge in [0.2, 0.25) is 5.91 Å². The van der Waals surface area contributed by atoms with Crippen molar-refractivity contribution in [3.8, 4) is 5.75 Å². The Morgan fingerprint density at radius 1 is 1.50 bits per heavy atom. The molecule has 0 aliphatic carbocycles. The van der Waals surface area contributed by atoms with Crippen LogP contribution in [0.1, 0.15) is 17.3 Å². The number of nitrogens with two attached hydrogens (primary N) is 1. The first kappa shape index (κ1) is 10.6. The molecule has 1 aliphatic heterocycles. The molecule has 16 heavy (non-hydrogen) atoms. The molecule has 0 saturated carbocycles. The van der Waals surface area contributed by atoms with E-state index in [2.05, 4.69) is 0 Å². The molecule has 0 radical (unpaired) electrons. The first-order valence-electron chi connectivity index (χ1n) is 4.80. The second-order valence-electron chi connectivity index (χ2n) is 3.71. The van der Waals surface area contributed by atoms with Gasteiger partial charge >= 0.3 is 0 Å². The molecule has 2 atom stereocenters. The van der Waals surface area contributed by atoms with Crippen molar-refractivity contribution in [2.45, 2.75) is 13.0 Å². The molecule has 1 aromatic carbocycles. The van der Waals surface area contributed by atoms with E-state index in [1.807, 2.05) is 0 Å². The molecule has 2 rings (SSSR count). The maximum Gasteiger partial charge on any atom is 0.232 e. The number of primary amides is 1. The molecule has 0 saturated heterocycles. The molecule has 1 amide bonds. The third-order valence-corrected chi connectivity index (χ3v) is 2.58. The van der Waals surface area contributed by atoms with Crippen molar-refractivity contribution in [3.05, 3.63) is 29.6 Å². The van der Waals surface area contributed by atoms with Gasteiger partial charge in [0.1, 0.15) is 23.6 Å². The predicted molar refractivity (Wildman–Crippen MR) is 53.5 cm³/mol. The number of rotatable bonds is 1. The zero-order chi connectivity index (χ0) is 11.9. The van der Waals surface area contributed by atoms with E-state index in [9.17, 15) is 14.0 Å². The summed E-state index contributed by atoms with van der Waals surface area (Å²) in [6.45, 7) is 1.58. The Balaban J connectivity index is 2.50. The highest BCUT2D eigenvalue weighted by molar-refractivity contribution is 6.12. The van der Waals surface area contributed by atoms with E-state index in [1.165, 1.54) is 12.1 Å². The van der Waals surface area contributed by atoms with E-state index in [0.717, 1.165) is 6.07 Å². The van der Waals surface area contributed by atoms with Gasteiger partial charge in [0.05, 0.1) is 5.56 Å². The summed E-state index contributed by atoms with van der Waals surface area (Å²) in [6, 6.07) is 3.62. The first-order valence-corrected chi connectivity index (χ1v) is 4.80. The van der Waals surface area contributed by atoms with Crippen molar-refractivity contribution in [3.63, 3.8) is 0 Å². The minimum atomic E-state index is -1.05. The third kappa shape index (κ3) is 1.54. The Labute approximate surface area is 91.2 Å². The minimum absolute atomic E-state index is 0.0712. The Morgan fingerprint density at radius 3 is 2.81 bits per heavy atom. The lowest BCUT2D eigenvalue weighted by Crippen LogP contribution is -2.44. The van der Waals surface area contributed by atoms with E-state index < -0.39 is 29.5 Å². The summed E-state index contributed by atoms with van der Waals surface area (Å²) in [5.74, 6) is -2.55. The summed E-state index contributed by atoms with van der Waals surface area (Å²) < 4.78 is 18.3. The number of ether oxygens (including phenoxy) is 1. The Kier molecular flexibility index (Phi) is 2.38. The Morgan fingerprint density at radius 2 is 2.19 bits per heavy atom. The zero-order valence-corrected chi connectivity index (χ0v) is 8.57. The van der Waals surface area contributed by atoms with Crippen LogP contribution in [-0.4, -0.2) is 17.8 Å². The van der Waals surface area contributed by atoms with Crippen LogP contribution in [0.4, 0.5) is 4.39 Å². The molecule has 2 unspecified atom stereocenters. The fraction of sp³-hybridized carbons (Fsp3) is 0.273. The van der Waals surface area contributed by atoms with Gasteiger partial charge in [-0.1, -0.05) is 0 Å². The number of fused-ring (bicyclic) bond motifs is 1. The summed E-state index contributed by atoms with van der Waals surface area (Å²) in [6.07, 6.45) is -0.622. The highest BCUT2D eigenvalue weighted by Gasteiger charge is 2.38. The lowest BCUT2D eigenvalue weighted by atomic mass is 9.89. The van der Waals surface area contributed by atoms with Crippen LogP contribution >= 0.6 is 0 Å². The Bertz CT molecular complexity index is 472. The molecule has 0 fully saturated rings. The van der Waals surface area contributed by atoms with Gasteiger partial charge in [-0.15, -0.1) is 0 Å². The van der Waals surface area contributed by atoms with E-state index in [0.29, 0.717) is 0 Å². The van der Waals surface area contributed by atoms with Gasteiger partial charge in [0.25, 0.3) is 0 Å². The van der Waals surface area contributed by atoms with Gasteiger partial charge in [-0.05, 0) is 25.1 Å². The summed E-state index contributed by atoms with van der Waals surface area (Å²) in [5, 5.41) is 0. The van der Waals surface area contributed by atoms with Crippen LogP contribution < -0.4 is 10.5 Å². The number of hydrogen-bond acceptors (Lipinski definition) is 3. The van der Waals surface area contributed by atoms with E-state index in [-0.39, 0.29) is 11.3 Å². The van der Waals surface area contributed by atoms with E-state index in [1.54, 1.807) is 6.92 Å². The number of carbonyl (C=O) groups is 2. The normalized spacial score (nSPS) is 23.5. The second-order valence-corrected chi connectivity index (χ2v) is 3.71. The molecule has 4 nitrogen and oxygen atoms in total. The number of hydrogen-bond donors (Lipinski definition) is 1. The number of halogens is 1. The number of ketones is 1. The number of carbonyl (C=O) groups excluding carboxylic acids is 2. The van der Waals surface area contributed by atoms with Gasteiger partial charge in [-0.3, -0.25) is 9.59 Å². The van der Waals surface area contributed by atoms with Crippen LogP contribution in [0.3, 0.4) is 0 Å². The number of amides is 1. The van der Waals surface area contributed by atoms with Gasteiger partial charge in [-0.2, -0.15) is 0 Å². The lowest BCUT2D eigenvalue weighted by Gasteiger charge is -2.28. The quantitative estimate of drug-likeness (QED) is 0.719. The van der Waals surface area contributed by atoms with Crippen molar-refractivity contribution < 1.29 is 18.7 Å². The molecular formula is C11H10FNO3. The zero-order valence-electron chi connectivity index (χ0n) is 8.57. The molecule has 2 N–H and O–H groups in total. The van der Waals surface area contributed by atoms with Crippen molar-refractivity contribution in [2.24, 2.45) is 11.7 Å². The van der Waals surface area contributed by atoms with Gasteiger partial charge in [0, 0.05) is 0 Å². The van der Waals surface area contributed by atoms with Gasteiger partial charge in [0.15, 0.2) is 5.78 Å². The summed E-state index contributed by atoms with van der Waals surface area (Å²) in [7, 11) is 0. The van der Waals surface area contributed by atoms with Crippen molar-refractivity contribution in [1.82, 2.24) is 0 Å². The third-order valence-electron chi connectivity index (χ3n) is 2.58. The SMILES string of the molecule is CC1Oc2ccc(F)cc2C(=O)C1C(N)=O. The molecule has 0 bridgehead atoms. The average molecular weight is 223 g/mol. The fourth-order valence-corrected chi connectivity index (χ4v) is 1.81. The number of Topliss-reactive ketones (excluding diaryl/α,β-unsaturated/α-hetero) is 1. The van der Waals surface area contributed by atoms with Crippen LogP contribution in [-0.2, 0) is 4.79 Å². The monoisotopic (exact) mass is 223 g/mol. The molecule has 1 aromatic rings. The van der Waals surface area contributed by atoms with Crippen LogP contribution in [0.2, 0.25) is 0 Å². The summed E-state index contributed by atoms with van der Waals surface area (Å²) in [5.41, 5.74) is 5.18. The van der Waals surface area contributed by atoms with Gasteiger partial charge < -0.3 is 10.5 Å². The lowest BCUT2D eigenvalue weighted by molar-refractivity contribution is -0.122. The van der Waals surface area contributed by atoms with Crippen molar-refractivity contribution >= 4 is 11.7 Å². The first-order chi connectivity index (χ1) is 7.50. The summed E-state index contributed by atoms with van der Waals surface area (Å²) >= 11 is 0. The molecule has 0 spiro atoms. The van der Waals surface area contributed by atoms with Crippen LogP contribution in [0.25, 0.3) is 0 Å². The van der Waals surface area contributed by atoms with Gasteiger partial charge in [-0.25, -0.2) is 4.39 Å². The maximum absolute atomic E-state index is 13.0. The van der Waals surface area contributed by atoms with Crippen LogP contribution in [0, 0.1) is 11.7 Å². The summed E-state index contributed by atoms with van der Waals surface area (Å²) in [4.78, 5) is 23.0. The largest absolute Gasteiger partial charge is 0.489 e.